The highest BCUT2D eigenvalue weighted by Gasteiger charge is 2.31. The van der Waals surface area contributed by atoms with E-state index < -0.39 is 6.04 Å². The second kappa shape index (κ2) is 9.27. The first-order chi connectivity index (χ1) is 13.1. The Hall–Kier alpha value is -2.74. The number of nitrogens with one attached hydrogen (secondary N) is 2. The molecule has 8 heteroatoms. The van der Waals surface area contributed by atoms with E-state index in [1.165, 1.54) is 12.1 Å². The molecule has 144 valence electrons. The van der Waals surface area contributed by atoms with E-state index in [-0.39, 0.29) is 24.1 Å². The van der Waals surface area contributed by atoms with Crippen LogP contribution in [0, 0.1) is 5.82 Å². The zero-order chi connectivity index (χ0) is 19.1. The summed E-state index contributed by atoms with van der Waals surface area (Å²) in [5, 5.41) is 9.80. The standard InChI is InChI=1S/C19H24FN5O2/c20-16-5-3-15(4-6-16)14-24-12-9-22-19(27)17(24)13-18(26)21-7-1-10-25-11-2-8-23-25/h2-6,8,11,17H,1,7,9-10,12-14H2,(H,21,26)(H,22,27)/t17-/m0/s1. The van der Waals surface area contributed by atoms with Crippen molar-refractivity contribution in [1.29, 1.82) is 0 Å². The maximum absolute atomic E-state index is 13.1. The first kappa shape index (κ1) is 19.0. The van der Waals surface area contributed by atoms with Gasteiger partial charge in [-0.25, -0.2) is 4.39 Å². The molecule has 2 amide bonds. The maximum Gasteiger partial charge on any atom is 0.237 e. The summed E-state index contributed by atoms with van der Waals surface area (Å²) in [5.41, 5.74) is 0.913. The monoisotopic (exact) mass is 373 g/mol. The van der Waals surface area contributed by atoms with Gasteiger partial charge in [-0.2, -0.15) is 5.10 Å². The Morgan fingerprint density at radius 1 is 1.33 bits per heavy atom. The zero-order valence-corrected chi connectivity index (χ0v) is 15.1. The normalized spacial score (nSPS) is 17.5. The Morgan fingerprint density at radius 3 is 2.89 bits per heavy atom. The van der Waals surface area contributed by atoms with Gasteiger partial charge in [0.05, 0.1) is 12.5 Å². The third-order valence-electron chi connectivity index (χ3n) is 4.56. The van der Waals surface area contributed by atoms with Gasteiger partial charge in [-0.05, 0) is 30.2 Å². The minimum Gasteiger partial charge on any atom is -0.356 e. The van der Waals surface area contributed by atoms with Crippen LogP contribution in [0.15, 0.2) is 42.7 Å². The third-order valence-corrected chi connectivity index (χ3v) is 4.56. The molecule has 2 N–H and O–H groups in total. The Labute approximate surface area is 157 Å². The predicted octanol–water partition coefficient (Wildman–Crippen LogP) is 0.919. The van der Waals surface area contributed by atoms with E-state index in [1.807, 2.05) is 21.8 Å². The highest BCUT2D eigenvalue weighted by Crippen LogP contribution is 2.14. The average molecular weight is 373 g/mol. The lowest BCUT2D eigenvalue weighted by atomic mass is 10.1. The highest BCUT2D eigenvalue weighted by molar-refractivity contribution is 5.88. The molecule has 3 rings (SSSR count). The van der Waals surface area contributed by atoms with Crippen LogP contribution < -0.4 is 10.6 Å². The second-order valence-corrected chi connectivity index (χ2v) is 6.58. The van der Waals surface area contributed by atoms with E-state index >= 15 is 0 Å². The first-order valence-electron chi connectivity index (χ1n) is 9.12. The molecule has 1 aliphatic rings. The molecule has 0 bridgehead atoms. The van der Waals surface area contributed by atoms with Gasteiger partial charge in [-0.3, -0.25) is 19.2 Å². The smallest absolute Gasteiger partial charge is 0.237 e. The number of halogens is 1. The maximum atomic E-state index is 13.1. The van der Waals surface area contributed by atoms with Gasteiger partial charge < -0.3 is 10.6 Å². The molecule has 7 nitrogen and oxygen atoms in total. The fourth-order valence-corrected chi connectivity index (χ4v) is 3.15. The number of carbonyl (C=O) groups is 2. The van der Waals surface area contributed by atoms with Crippen molar-refractivity contribution < 1.29 is 14.0 Å². The average Bonchev–Trinajstić information content (AvgIpc) is 3.17. The highest BCUT2D eigenvalue weighted by atomic mass is 19.1. The number of piperazine rings is 1. The van der Waals surface area contributed by atoms with Crippen molar-refractivity contribution in [2.45, 2.75) is 32.0 Å². The predicted molar refractivity (Wildman–Crippen MR) is 98.1 cm³/mol. The molecule has 1 atom stereocenters. The fourth-order valence-electron chi connectivity index (χ4n) is 3.15. The Balaban J connectivity index is 1.49. The number of aromatic nitrogens is 2. The molecule has 1 aliphatic heterocycles. The molecule has 2 aromatic rings. The number of amides is 2. The van der Waals surface area contributed by atoms with Gasteiger partial charge in [0.2, 0.25) is 11.8 Å². The topological polar surface area (TPSA) is 79.3 Å². The zero-order valence-electron chi connectivity index (χ0n) is 15.1. The Kier molecular flexibility index (Phi) is 6.54. The minimum atomic E-state index is -0.519. The minimum absolute atomic E-state index is 0.106. The molecule has 1 saturated heterocycles. The second-order valence-electron chi connectivity index (χ2n) is 6.58. The van der Waals surface area contributed by atoms with Crippen LogP contribution in [0.5, 0.6) is 0 Å². The lowest BCUT2D eigenvalue weighted by Gasteiger charge is -2.34. The van der Waals surface area contributed by atoms with Gasteiger partial charge in [-0.1, -0.05) is 12.1 Å². The molecular formula is C19H24FN5O2. The number of hydrogen-bond donors (Lipinski definition) is 2. The van der Waals surface area contributed by atoms with E-state index in [0.717, 1.165) is 18.5 Å². The van der Waals surface area contributed by atoms with Crippen molar-refractivity contribution in [2.24, 2.45) is 0 Å². The molecule has 0 spiro atoms. The van der Waals surface area contributed by atoms with E-state index in [1.54, 1.807) is 18.3 Å². The summed E-state index contributed by atoms with van der Waals surface area (Å²) in [6, 6.07) is 7.55. The fraction of sp³-hybridized carbons (Fsp3) is 0.421. The first-order valence-corrected chi connectivity index (χ1v) is 9.12. The molecule has 0 aliphatic carbocycles. The number of rotatable bonds is 8. The Morgan fingerprint density at radius 2 is 2.15 bits per heavy atom. The van der Waals surface area contributed by atoms with Gasteiger partial charge in [0.15, 0.2) is 0 Å². The van der Waals surface area contributed by atoms with Crippen molar-refractivity contribution in [1.82, 2.24) is 25.3 Å². The van der Waals surface area contributed by atoms with Crippen LogP contribution >= 0.6 is 0 Å². The number of hydrogen-bond acceptors (Lipinski definition) is 4. The number of nitrogens with zero attached hydrogens (tertiary/aromatic N) is 3. The van der Waals surface area contributed by atoms with Crippen molar-refractivity contribution in [3.05, 3.63) is 54.1 Å². The van der Waals surface area contributed by atoms with Crippen LogP contribution in [0.25, 0.3) is 0 Å². The molecule has 1 aromatic heterocycles. The van der Waals surface area contributed by atoms with E-state index in [0.29, 0.717) is 26.2 Å². The summed E-state index contributed by atoms with van der Waals surface area (Å²) in [5.74, 6) is -0.585. The lowest BCUT2D eigenvalue weighted by Crippen LogP contribution is -2.56. The van der Waals surface area contributed by atoms with Crippen molar-refractivity contribution in [3.8, 4) is 0 Å². The van der Waals surface area contributed by atoms with Crippen LogP contribution in [0.1, 0.15) is 18.4 Å². The number of carbonyl (C=O) groups excluding carboxylic acids is 2. The molecule has 1 aromatic carbocycles. The largest absolute Gasteiger partial charge is 0.356 e. The van der Waals surface area contributed by atoms with Gasteiger partial charge in [0.1, 0.15) is 5.82 Å². The van der Waals surface area contributed by atoms with Crippen molar-refractivity contribution >= 4 is 11.8 Å². The van der Waals surface area contributed by atoms with Crippen LogP contribution in [-0.2, 0) is 22.7 Å². The summed E-state index contributed by atoms with van der Waals surface area (Å²) in [6.45, 7) is 2.96. The third kappa shape index (κ3) is 5.62. The summed E-state index contributed by atoms with van der Waals surface area (Å²) in [4.78, 5) is 26.5. The molecule has 27 heavy (non-hydrogen) atoms. The summed E-state index contributed by atoms with van der Waals surface area (Å²) < 4.78 is 14.9. The summed E-state index contributed by atoms with van der Waals surface area (Å²) in [7, 11) is 0. The molecule has 0 unspecified atom stereocenters. The van der Waals surface area contributed by atoms with E-state index in [9.17, 15) is 14.0 Å². The lowest BCUT2D eigenvalue weighted by molar-refractivity contribution is -0.134. The van der Waals surface area contributed by atoms with Crippen LogP contribution in [0.3, 0.4) is 0 Å². The van der Waals surface area contributed by atoms with Gasteiger partial charge in [-0.15, -0.1) is 0 Å². The molecule has 0 radical (unpaired) electrons. The Bertz CT molecular complexity index is 748. The molecule has 2 heterocycles. The van der Waals surface area contributed by atoms with E-state index in [2.05, 4.69) is 15.7 Å². The van der Waals surface area contributed by atoms with Crippen molar-refractivity contribution in [2.75, 3.05) is 19.6 Å². The molecule has 1 fully saturated rings. The van der Waals surface area contributed by atoms with Crippen molar-refractivity contribution in [3.63, 3.8) is 0 Å². The molecule has 0 saturated carbocycles. The van der Waals surface area contributed by atoms with Gasteiger partial charge >= 0.3 is 0 Å². The van der Waals surface area contributed by atoms with E-state index in [4.69, 9.17) is 0 Å². The number of aryl methyl sites for hydroxylation is 1. The van der Waals surface area contributed by atoms with Crippen LogP contribution in [0.4, 0.5) is 4.39 Å². The SMILES string of the molecule is O=C(C[C@H]1C(=O)NCCN1Cc1ccc(F)cc1)NCCCn1cccn1. The number of benzene rings is 1. The van der Waals surface area contributed by atoms with Crippen LogP contribution in [-0.4, -0.2) is 52.2 Å². The van der Waals surface area contributed by atoms with Crippen LogP contribution in [0.2, 0.25) is 0 Å². The van der Waals surface area contributed by atoms with Gasteiger partial charge in [0.25, 0.3) is 0 Å². The molecular weight excluding hydrogens is 349 g/mol. The van der Waals surface area contributed by atoms with Gasteiger partial charge in [0, 0.05) is 45.1 Å². The summed E-state index contributed by atoms with van der Waals surface area (Å²) in [6.07, 6.45) is 4.47. The quantitative estimate of drug-likeness (QED) is 0.675. The summed E-state index contributed by atoms with van der Waals surface area (Å²) >= 11 is 0.